The Bertz CT molecular complexity index is 369. The Morgan fingerprint density at radius 3 is 2.00 bits per heavy atom. The Hall–Kier alpha value is -1.26. The molecule has 126 valence electrons. The lowest BCUT2D eigenvalue weighted by molar-refractivity contribution is -0.196. The first-order chi connectivity index (χ1) is 10.6. The summed E-state index contributed by atoms with van der Waals surface area (Å²) in [7, 11) is 0. The quantitative estimate of drug-likeness (QED) is 0.504. The van der Waals surface area contributed by atoms with Gasteiger partial charge in [-0.15, -0.1) is 10.1 Å². The summed E-state index contributed by atoms with van der Waals surface area (Å²) >= 11 is 0. The van der Waals surface area contributed by atoms with E-state index in [9.17, 15) is 9.59 Å². The van der Waals surface area contributed by atoms with Crippen LogP contribution in [0, 0.1) is 0 Å². The van der Waals surface area contributed by atoms with Gasteiger partial charge in [-0.2, -0.15) is 0 Å². The number of nitrogens with two attached hydrogens (primary N) is 1. The van der Waals surface area contributed by atoms with Crippen LogP contribution in [0.1, 0.15) is 12.8 Å². The van der Waals surface area contributed by atoms with Crippen molar-refractivity contribution in [2.75, 3.05) is 52.4 Å². The van der Waals surface area contributed by atoms with E-state index < -0.39 is 12.0 Å². The van der Waals surface area contributed by atoms with Crippen LogP contribution in [0.2, 0.25) is 0 Å². The number of carbonyl (C=O) groups is 2. The van der Waals surface area contributed by atoms with Crippen LogP contribution >= 0.6 is 0 Å². The fourth-order valence-electron chi connectivity index (χ4n) is 2.25. The highest BCUT2D eigenvalue weighted by molar-refractivity contribution is 5.76. The van der Waals surface area contributed by atoms with E-state index >= 15 is 0 Å². The average molecular weight is 315 g/mol. The molecule has 2 heterocycles. The SMILES string of the molecule is N[C@@H](CCC(=O)ON1CCNCC1)C(=O)ON1CCNCC1. The number of nitrogens with one attached hydrogen (secondary N) is 2. The van der Waals surface area contributed by atoms with E-state index in [1.54, 1.807) is 10.1 Å². The van der Waals surface area contributed by atoms with Gasteiger partial charge in [0.05, 0.1) is 0 Å². The molecule has 9 nitrogen and oxygen atoms in total. The fraction of sp³-hybridized carbons (Fsp3) is 0.846. The fourth-order valence-corrected chi connectivity index (χ4v) is 2.25. The third-order valence-electron chi connectivity index (χ3n) is 3.56. The molecule has 0 saturated carbocycles. The maximum absolute atomic E-state index is 11.8. The first-order valence-corrected chi connectivity index (χ1v) is 7.74. The number of nitrogens with zero attached hydrogens (tertiary/aromatic N) is 2. The maximum Gasteiger partial charge on any atom is 0.341 e. The molecule has 2 aliphatic heterocycles. The molecule has 22 heavy (non-hydrogen) atoms. The third kappa shape index (κ3) is 5.85. The van der Waals surface area contributed by atoms with Crippen LogP contribution in [0.5, 0.6) is 0 Å². The molecule has 0 aromatic heterocycles. The van der Waals surface area contributed by atoms with Crippen LogP contribution in [-0.2, 0) is 19.3 Å². The number of hydrogen-bond donors (Lipinski definition) is 3. The highest BCUT2D eigenvalue weighted by atomic mass is 16.7. The van der Waals surface area contributed by atoms with E-state index in [0.29, 0.717) is 26.2 Å². The summed E-state index contributed by atoms with van der Waals surface area (Å²) < 4.78 is 0. The highest BCUT2D eigenvalue weighted by Gasteiger charge is 2.22. The predicted molar refractivity (Wildman–Crippen MR) is 78.3 cm³/mol. The van der Waals surface area contributed by atoms with E-state index in [-0.39, 0.29) is 18.8 Å². The minimum absolute atomic E-state index is 0.0990. The van der Waals surface area contributed by atoms with Crippen molar-refractivity contribution in [3.63, 3.8) is 0 Å². The van der Waals surface area contributed by atoms with Gasteiger partial charge < -0.3 is 26.0 Å². The summed E-state index contributed by atoms with van der Waals surface area (Å²) in [4.78, 5) is 33.9. The van der Waals surface area contributed by atoms with Gasteiger partial charge >= 0.3 is 11.9 Å². The molecule has 2 aliphatic rings. The minimum Gasteiger partial charge on any atom is -0.368 e. The number of hydroxylamine groups is 4. The largest absolute Gasteiger partial charge is 0.368 e. The molecule has 2 rings (SSSR count). The van der Waals surface area contributed by atoms with Gasteiger partial charge in [0.15, 0.2) is 0 Å². The van der Waals surface area contributed by atoms with Crippen LogP contribution in [0.25, 0.3) is 0 Å². The van der Waals surface area contributed by atoms with E-state index in [2.05, 4.69) is 10.6 Å². The molecule has 0 radical (unpaired) electrons. The van der Waals surface area contributed by atoms with Gasteiger partial charge in [0, 0.05) is 58.8 Å². The molecule has 9 heteroatoms. The first-order valence-electron chi connectivity index (χ1n) is 7.74. The highest BCUT2D eigenvalue weighted by Crippen LogP contribution is 2.04. The van der Waals surface area contributed by atoms with Crippen LogP contribution < -0.4 is 16.4 Å². The molecule has 0 spiro atoms. The summed E-state index contributed by atoms with van der Waals surface area (Å²) in [6, 6.07) is -0.814. The summed E-state index contributed by atoms with van der Waals surface area (Å²) in [5.41, 5.74) is 5.77. The van der Waals surface area contributed by atoms with E-state index in [4.69, 9.17) is 15.4 Å². The molecule has 0 aromatic carbocycles. The zero-order valence-corrected chi connectivity index (χ0v) is 12.8. The second-order valence-electron chi connectivity index (χ2n) is 5.38. The van der Waals surface area contributed by atoms with Crippen molar-refractivity contribution in [3.8, 4) is 0 Å². The second kappa shape index (κ2) is 9.01. The van der Waals surface area contributed by atoms with Crippen molar-refractivity contribution in [2.45, 2.75) is 18.9 Å². The number of hydrogen-bond acceptors (Lipinski definition) is 9. The smallest absolute Gasteiger partial charge is 0.341 e. The maximum atomic E-state index is 11.8. The van der Waals surface area contributed by atoms with Crippen molar-refractivity contribution < 1.29 is 19.3 Å². The van der Waals surface area contributed by atoms with Crippen molar-refractivity contribution in [1.82, 2.24) is 20.8 Å². The average Bonchev–Trinajstić information content (AvgIpc) is 2.54. The van der Waals surface area contributed by atoms with Gasteiger partial charge in [0.1, 0.15) is 6.04 Å². The zero-order chi connectivity index (χ0) is 15.8. The van der Waals surface area contributed by atoms with Crippen LogP contribution in [0.4, 0.5) is 0 Å². The molecule has 0 bridgehead atoms. The molecule has 0 unspecified atom stereocenters. The molecule has 2 fully saturated rings. The summed E-state index contributed by atoms with van der Waals surface area (Å²) in [6.07, 6.45) is 0.317. The van der Waals surface area contributed by atoms with Gasteiger partial charge in [-0.1, -0.05) is 0 Å². The first kappa shape index (κ1) is 17.1. The lowest BCUT2D eigenvalue weighted by Gasteiger charge is -2.27. The second-order valence-corrected chi connectivity index (χ2v) is 5.38. The number of carbonyl (C=O) groups excluding carboxylic acids is 2. The standard InChI is InChI=1S/C13H25N5O4/c14-11(13(20)22-18-9-5-16-6-10-18)1-2-12(19)21-17-7-3-15-4-8-17/h11,15-16H,1-10,14H2/t11-/m0/s1. The lowest BCUT2D eigenvalue weighted by Crippen LogP contribution is -2.47. The Morgan fingerprint density at radius 1 is 0.955 bits per heavy atom. The Balaban J connectivity index is 1.61. The van der Waals surface area contributed by atoms with Crippen molar-refractivity contribution in [2.24, 2.45) is 5.73 Å². The van der Waals surface area contributed by atoms with Gasteiger partial charge in [0.25, 0.3) is 0 Å². The number of piperazine rings is 2. The molecular weight excluding hydrogens is 290 g/mol. The van der Waals surface area contributed by atoms with E-state index in [0.717, 1.165) is 26.2 Å². The van der Waals surface area contributed by atoms with Gasteiger partial charge in [-0.3, -0.25) is 4.79 Å². The van der Waals surface area contributed by atoms with Crippen LogP contribution in [0.15, 0.2) is 0 Å². The van der Waals surface area contributed by atoms with Gasteiger partial charge in [-0.05, 0) is 6.42 Å². The Morgan fingerprint density at radius 2 is 1.45 bits per heavy atom. The van der Waals surface area contributed by atoms with Gasteiger partial charge in [0.2, 0.25) is 0 Å². The molecule has 1 atom stereocenters. The molecule has 0 aliphatic carbocycles. The topological polar surface area (TPSA) is 109 Å². The Labute approximate surface area is 130 Å². The minimum atomic E-state index is -0.814. The van der Waals surface area contributed by atoms with Gasteiger partial charge in [-0.25, -0.2) is 4.79 Å². The normalized spacial score (nSPS) is 22.0. The zero-order valence-electron chi connectivity index (χ0n) is 12.8. The monoisotopic (exact) mass is 315 g/mol. The third-order valence-corrected chi connectivity index (χ3v) is 3.56. The predicted octanol–water partition coefficient (Wildman–Crippen LogP) is -2.18. The Kier molecular flexibility index (Phi) is 7.00. The summed E-state index contributed by atoms with van der Waals surface area (Å²) in [5, 5.41) is 9.55. The van der Waals surface area contributed by atoms with Crippen LogP contribution in [-0.4, -0.2) is 80.5 Å². The summed E-state index contributed by atoms with van der Waals surface area (Å²) in [5.74, 6) is -0.871. The van der Waals surface area contributed by atoms with Crippen molar-refractivity contribution in [1.29, 1.82) is 0 Å². The molecule has 0 aromatic rings. The molecule has 0 amide bonds. The molecule has 2 saturated heterocycles. The van der Waals surface area contributed by atoms with Crippen molar-refractivity contribution in [3.05, 3.63) is 0 Å². The lowest BCUT2D eigenvalue weighted by atomic mass is 10.2. The van der Waals surface area contributed by atoms with Crippen LogP contribution in [0.3, 0.4) is 0 Å². The number of rotatable bonds is 6. The molecule has 4 N–H and O–H groups in total. The summed E-state index contributed by atoms with van der Waals surface area (Å²) in [6.45, 7) is 5.77. The van der Waals surface area contributed by atoms with E-state index in [1.807, 2.05) is 0 Å². The molecular formula is C13H25N5O4. The van der Waals surface area contributed by atoms with Crippen molar-refractivity contribution >= 4 is 11.9 Å². The van der Waals surface area contributed by atoms with E-state index in [1.165, 1.54) is 0 Å².